The van der Waals surface area contributed by atoms with Gasteiger partial charge in [0.25, 0.3) is 11.6 Å². The summed E-state index contributed by atoms with van der Waals surface area (Å²) in [6, 6.07) is 6.82. The Morgan fingerprint density at radius 3 is 2.50 bits per heavy atom. The van der Waals surface area contributed by atoms with Crippen molar-refractivity contribution < 1.29 is 32.3 Å². The lowest BCUT2D eigenvalue weighted by molar-refractivity contribution is -0.385. The number of hydrogen-bond donors (Lipinski definition) is 1. The Labute approximate surface area is 198 Å². The van der Waals surface area contributed by atoms with Crippen molar-refractivity contribution in [1.82, 2.24) is 9.29 Å². The molecule has 1 aliphatic rings. The Kier molecular flexibility index (Phi) is 6.65. The van der Waals surface area contributed by atoms with Gasteiger partial charge in [-0.3, -0.25) is 20.2 Å². The van der Waals surface area contributed by atoms with Crippen molar-refractivity contribution in [2.45, 2.75) is 4.90 Å². The number of nitro benzene ring substituents is 1. The third-order valence-electron chi connectivity index (χ3n) is 5.13. The lowest BCUT2D eigenvalue weighted by Gasteiger charge is -2.25. The highest BCUT2D eigenvalue weighted by molar-refractivity contribution is 7.89. The van der Waals surface area contributed by atoms with Crippen LogP contribution in [-0.2, 0) is 14.8 Å². The van der Waals surface area contributed by atoms with Crippen molar-refractivity contribution in [1.29, 1.82) is 0 Å². The normalized spacial score (nSPS) is 14.6. The molecule has 1 aromatic heterocycles. The van der Waals surface area contributed by atoms with E-state index in [-0.39, 0.29) is 40.2 Å². The first-order valence-electron chi connectivity index (χ1n) is 9.95. The molecule has 1 N–H and O–H groups in total. The molecule has 1 amide bonds. The quantitative estimate of drug-likeness (QED) is 0.375. The van der Waals surface area contributed by atoms with Gasteiger partial charge in [-0.1, -0.05) is 11.3 Å². The Bertz CT molecular complexity index is 1370. The van der Waals surface area contributed by atoms with E-state index < -0.39 is 26.5 Å². The number of methoxy groups -OCH3 is 2. The summed E-state index contributed by atoms with van der Waals surface area (Å²) in [4.78, 5) is 28.1. The third kappa shape index (κ3) is 4.52. The zero-order chi connectivity index (χ0) is 24.5. The molecule has 0 unspecified atom stereocenters. The molecule has 0 aliphatic carbocycles. The molecular weight excluding hydrogens is 488 g/mol. The van der Waals surface area contributed by atoms with Crippen LogP contribution in [0.15, 0.2) is 35.2 Å². The van der Waals surface area contributed by atoms with Crippen LogP contribution in [0, 0.1) is 10.1 Å². The topological polar surface area (TPSA) is 150 Å². The second kappa shape index (κ2) is 9.50. The molecular formula is C20H20N4O8S2. The van der Waals surface area contributed by atoms with Crippen LogP contribution in [-0.4, -0.2) is 69.1 Å². The summed E-state index contributed by atoms with van der Waals surface area (Å²) in [7, 11) is -1.02. The molecule has 0 radical (unpaired) electrons. The Morgan fingerprint density at radius 2 is 1.85 bits per heavy atom. The molecule has 1 aliphatic heterocycles. The predicted molar refractivity (Wildman–Crippen MR) is 123 cm³/mol. The number of fused-ring (bicyclic) bond motifs is 1. The summed E-state index contributed by atoms with van der Waals surface area (Å²) in [5.74, 6) is -0.506. The Hall–Kier alpha value is -3.33. The van der Waals surface area contributed by atoms with Crippen LogP contribution in [0.4, 0.5) is 10.8 Å². The molecule has 180 valence electrons. The first kappa shape index (κ1) is 23.8. The average Bonchev–Trinajstić information content (AvgIpc) is 3.24. The standard InChI is InChI=1S/C20H20N4O8S2/c1-30-16-10-13(15(24(26)27)11-17(16)31-2)19(25)22-20-21-14-4-3-12(9-18(14)33-20)34(28,29)23-5-7-32-8-6-23/h3-4,9-11H,5-8H2,1-2H3,(H,21,22,25). The number of morpholine rings is 1. The first-order chi connectivity index (χ1) is 16.2. The van der Waals surface area contributed by atoms with Gasteiger partial charge in [0.2, 0.25) is 10.0 Å². The van der Waals surface area contributed by atoms with E-state index in [0.29, 0.717) is 23.4 Å². The SMILES string of the molecule is COc1cc(C(=O)Nc2nc3ccc(S(=O)(=O)N4CCOCC4)cc3s2)c([N+](=O)[O-])cc1OC. The van der Waals surface area contributed by atoms with E-state index in [9.17, 15) is 23.3 Å². The number of nitro groups is 1. The van der Waals surface area contributed by atoms with Crippen molar-refractivity contribution >= 4 is 48.3 Å². The molecule has 4 rings (SSSR count). The molecule has 3 aromatic rings. The molecule has 0 saturated carbocycles. The van der Waals surface area contributed by atoms with Crippen LogP contribution in [0.25, 0.3) is 10.2 Å². The van der Waals surface area contributed by atoms with Gasteiger partial charge in [-0.25, -0.2) is 13.4 Å². The second-order valence-corrected chi connectivity index (χ2v) is 10.1. The monoisotopic (exact) mass is 508 g/mol. The first-order valence-corrected chi connectivity index (χ1v) is 12.2. The van der Waals surface area contributed by atoms with E-state index in [4.69, 9.17) is 14.2 Å². The molecule has 1 fully saturated rings. The van der Waals surface area contributed by atoms with Gasteiger partial charge < -0.3 is 14.2 Å². The molecule has 12 nitrogen and oxygen atoms in total. The number of benzene rings is 2. The minimum atomic E-state index is -3.70. The third-order valence-corrected chi connectivity index (χ3v) is 7.96. The van der Waals surface area contributed by atoms with Crippen molar-refractivity contribution in [3.63, 3.8) is 0 Å². The summed E-state index contributed by atoms with van der Waals surface area (Å²) in [5.41, 5.74) is -0.226. The fraction of sp³-hybridized carbons (Fsp3) is 0.300. The van der Waals surface area contributed by atoms with Gasteiger partial charge in [-0.15, -0.1) is 0 Å². The Morgan fingerprint density at radius 1 is 1.18 bits per heavy atom. The van der Waals surface area contributed by atoms with Crippen LogP contribution in [0.5, 0.6) is 11.5 Å². The van der Waals surface area contributed by atoms with Gasteiger partial charge in [0, 0.05) is 19.2 Å². The lowest BCUT2D eigenvalue weighted by atomic mass is 10.1. The molecule has 14 heteroatoms. The number of sulfonamides is 1. The van der Waals surface area contributed by atoms with Gasteiger partial charge >= 0.3 is 0 Å². The maximum absolute atomic E-state index is 12.9. The highest BCUT2D eigenvalue weighted by Crippen LogP contribution is 2.35. The minimum absolute atomic E-state index is 0.110. The van der Waals surface area contributed by atoms with Crippen molar-refractivity contribution in [3.05, 3.63) is 46.0 Å². The summed E-state index contributed by atoms with van der Waals surface area (Å²) in [5, 5.41) is 14.2. The average molecular weight is 509 g/mol. The van der Waals surface area contributed by atoms with Gasteiger partial charge in [0.05, 0.1) is 53.5 Å². The number of carbonyl (C=O) groups is 1. The summed E-state index contributed by atoms with van der Waals surface area (Å²) in [6.45, 7) is 1.21. The van der Waals surface area contributed by atoms with Crippen LogP contribution >= 0.6 is 11.3 Å². The van der Waals surface area contributed by atoms with E-state index in [2.05, 4.69) is 10.3 Å². The number of aromatic nitrogens is 1. The molecule has 0 bridgehead atoms. The zero-order valence-electron chi connectivity index (χ0n) is 18.1. The fourth-order valence-corrected chi connectivity index (χ4v) is 5.83. The smallest absolute Gasteiger partial charge is 0.286 e. The van der Waals surface area contributed by atoms with Gasteiger partial charge in [-0.2, -0.15) is 4.31 Å². The second-order valence-electron chi connectivity index (χ2n) is 7.10. The maximum atomic E-state index is 12.9. The number of nitrogens with zero attached hydrogens (tertiary/aromatic N) is 3. The predicted octanol–water partition coefficient (Wildman–Crippen LogP) is 2.49. The number of amides is 1. The van der Waals surface area contributed by atoms with Crippen LogP contribution in [0.1, 0.15) is 10.4 Å². The summed E-state index contributed by atoms with van der Waals surface area (Å²) in [6.07, 6.45) is 0. The zero-order valence-corrected chi connectivity index (χ0v) is 19.8. The molecule has 2 heterocycles. The van der Waals surface area contributed by atoms with E-state index in [1.54, 1.807) is 6.07 Å². The maximum Gasteiger partial charge on any atom is 0.286 e. The minimum Gasteiger partial charge on any atom is -0.493 e. The lowest BCUT2D eigenvalue weighted by Crippen LogP contribution is -2.40. The molecule has 0 spiro atoms. The highest BCUT2D eigenvalue weighted by Gasteiger charge is 2.28. The number of rotatable bonds is 7. The summed E-state index contributed by atoms with van der Waals surface area (Å²) < 4.78 is 43.2. The molecule has 34 heavy (non-hydrogen) atoms. The van der Waals surface area contributed by atoms with Crippen LogP contribution in [0.3, 0.4) is 0 Å². The molecule has 1 saturated heterocycles. The van der Waals surface area contributed by atoms with Gasteiger partial charge in [-0.05, 0) is 18.2 Å². The van der Waals surface area contributed by atoms with Crippen molar-refractivity contribution in [2.75, 3.05) is 45.8 Å². The number of thiazole rings is 1. The van der Waals surface area contributed by atoms with Crippen LogP contribution in [0.2, 0.25) is 0 Å². The largest absolute Gasteiger partial charge is 0.493 e. The van der Waals surface area contributed by atoms with E-state index in [1.807, 2.05) is 0 Å². The summed E-state index contributed by atoms with van der Waals surface area (Å²) >= 11 is 1.05. The van der Waals surface area contributed by atoms with E-state index in [0.717, 1.165) is 17.4 Å². The Balaban J connectivity index is 1.63. The molecule has 2 aromatic carbocycles. The van der Waals surface area contributed by atoms with Crippen molar-refractivity contribution in [2.24, 2.45) is 0 Å². The van der Waals surface area contributed by atoms with Gasteiger partial charge in [0.15, 0.2) is 16.6 Å². The van der Waals surface area contributed by atoms with Crippen LogP contribution < -0.4 is 14.8 Å². The number of nitrogens with one attached hydrogen (secondary N) is 1. The van der Waals surface area contributed by atoms with Gasteiger partial charge in [0.1, 0.15) is 5.56 Å². The van der Waals surface area contributed by atoms with E-state index in [1.165, 1.54) is 36.7 Å². The number of hydrogen-bond acceptors (Lipinski definition) is 10. The number of ether oxygens (including phenoxy) is 3. The number of anilines is 1. The number of carbonyl (C=O) groups excluding carboxylic acids is 1. The van der Waals surface area contributed by atoms with Crippen molar-refractivity contribution in [3.8, 4) is 11.5 Å². The fourth-order valence-electron chi connectivity index (χ4n) is 3.42. The van der Waals surface area contributed by atoms with E-state index >= 15 is 0 Å². The molecule has 0 atom stereocenters. The highest BCUT2D eigenvalue weighted by atomic mass is 32.2.